The van der Waals surface area contributed by atoms with E-state index in [0.717, 1.165) is 29.8 Å². The van der Waals surface area contributed by atoms with E-state index >= 15 is 0 Å². The van der Waals surface area contributed by atoms with Crippen LogP contribution in [-0.4, -0.2) is 14.7 Å². The highest BCUT2D eigenvalue weighted by molar-refractivity contribution is 5.79. The number of aliphatic hydroxyl groups is 1. The Labute approximate surface area is 107 Å². The molecule has 4 heteroatoms. The lowest BCUT2D eigenvalue weighted by Gasteiger charge is -2.07. The molecule has 4 nitrogen and oxygen atoms in total. The summed E-state index contributed by atoms with van der Waals surface area (Å²) in [5, 5.41) is 9.38. The summed E-state index contributed by atoms with van der Waals surface area (Å²) in [4.78, 5) is 4.42. The van der Waals surface area contributed by atoms with Crippen molar-refractivity contribution >= 4 is 16.7 Å². The molecule has 0 fully saturated rings. The van der Waals surface area contributed by atoms with Crippen molar-refractivity contribution in [1.82, 2.24) is 9.55 Å². The molecule has 1 heterocycles. The number of nitrogens with zero attached hydrogens (tertiary/aromatic N) is 2. The summed E-state index contributed by atoms with van der Waals surface area (Å²) in [6, 6.07) is 5.72. The molecular weight excluding hydrogens is 226 g/mol. The number of aromatic nitrogens is 2. The molecule has 0 saturated heterocycles. The molecule has 0 saturated carbocycles. The van der Waals surface area contributed by atoms with E-state index < -0.39 is 0 Å². The van der Waals surface area contributed by atoms with Crippen LogP contribution in [0.2, 0.25) is 0 Å². The lowest BCUT2D eigenvalue weighted by Crippen LogP contribution is -2.04. The number of aliphatic hydroxyl groups excluding tert-OH is 1. The van der Waals surface area contributed by atoms with Gasteiger partial charge >= 0.3 is 0 Å². The van der Waals surface area contributed by atoms with Crippen LogP contribution in [0.3, 0.4) is 0 Å². The Morgan fingerprint density at radius 3 is 2.83 bits per heavy atom. The second kappa shape index (κ2) is 5.87. The van der Waals surface area contributed by atoms with Gasteiger partial charge in [-0.2, -0.15) is 0 Å². The standard InChI is InChI=1S/C14H21N3O/c1-2-3-4-5-8-17-13-7-6-11(15)9-12(13)16-14(17)10-18/h6-7,9,18H,2-5,8,10,15H2,1H3. The fraction of sp³-hybridized carbons (Fsp3) is 0.500. The number of rotatable bonds is 6. The van der Waals surface area contributed by atoms with Crippen LogP contribution in [0.15, 0.2) is 18.2 Å². The van der Waals surface area contributed by atoms with Crippen LogP contribution in [0, 0.1) is 0 Å². The van der Waals surface area contributed by atoms with Crippen molar-refractivity contribution in [3.8, 4) is 0 Å². The molecule has 2 aromatic rings. The minimum atomic E-state index is -0.0254. The molecule has 1 aromatic heterocycles. The molecule has 0 radical (unpaired) electrons. The van der Waals surface area contributed by atoms with E-state index in [4.69, 9.17) is 5.73 Å². The molecule has 0 aliphatic carbocycles. The van der Waals surface area contributed by atoms with Gasteiger partial charge in [0, 0.05) is 12.2 Å². The quantitative estimate of drug-likeness (QED) is 0.609. The third kappa shape index (κ3) is 2.64. The van der Waals surface area contributed by atoms with Crippen LogP contribution >= 0.6 is 0 Å². The molecular formula is C14H21N3O. The van der Waals surface area contributed by atoms with Gasteiger partial charge in [-0.3, -0.25) is 0 Å². The molecule has 0 amide bonds. The van der Waals surface area contributed by atoms with Gasteiger partial charge in [-0.15, -0.1) is 0 Å². The van der Waals surface area contributed by atoms with Crippen molar-refractivity contribution in [2.75, 3.05) is 5.73 Å². The van der Waals surface area contributed by atoms with Crippen LogP contribution in [-0.2, 0) is 13.2 Å². The summed E-state index contributed by atoms with van der Waals surface area (Å²) in [5.74, 6) is 0.729. The van der Waals surface area contributed by atoms with Crippen LogP contribution in [0.4, 0.5) is 5.69 Å². The van der Waals surface area contributed by atoms with E-state index in [-0.39, 0.29) is 6.61 Å². The summed E-state index contributed by atoms with van der Waals surface area (Å²) in [5.41, 5.74) is 8.39. The highest BCUT2D eigenvalue weighted by Gasteiger charge is 2.09. The van der Waals surface area contributed by atoms with Gasteiger partial charge in [-0.1, -0.05) is 26.2 Å². The van der Waals surface area contributed by atoms with Gasteiger partial charge in [0.25, 0.3) is 0 Å². The van der Waals surface area contributed by atoms with Crippen molar-refractivity contribution in [2.24, 2.45) is 0 Å². The number of benzene rings is 1. The number of hydrogen-bond acceptors (Lipinski definition) is 3. The number of imidazole rings is 1. The molecule has 0 spiro atoms. The first-order valence-corrected chi connectivity index (χ1v) is 6.61. The van der Waals surface area contributed by atoms with Gasteiger partial charge in [0.15, 0.2) is 0 Å². The predicted octanol–water partition coefficient (Wildman–Crippen LogP) is 2.69. The Hall–Kier alpha value is -1.55. The van der Waals surface area contributed by atoms with Crippen molar-refractivity contribution in [1.29, 1.82) is 0 Å². The van der Waals surface area contributed by atoms with Gasteiger partial charge in [0.1, 0.15) is 12.4 Å². The molecule has 0 unspecified atom stereocenters. The molecule has 0 bridgehead atoms. The van der Waals surface area contributed by atoms with Crippen molar-refractivity contribution in [3.63, 3.8) is 0 Å². The van der Waals surface area contributed by atoms with Crippen molar-refractivity contribution < 1.29 is 5.11 Å². The van der Waals surface area contributed by atoms with Crippen LogP contribution in [0.1, 0.15) is 38.4 Å². The third-order valence-electron chi connectivity index (χ3n) is 3.23. The predicted molar refractivity (Wildman–Crippen MR) is 74.2 cm³/mol. The number of anilines is 1. The lowest BCUT2D eigenvalue weighted by molar-refractivity contribution is 0.265. The van der Waals surface area contributed by atoms with E-state index in [1.807, 2.05) is 18.2 Å². The fourth-order valence-corrected chi connectivity index (χ4v) is 2.26. The van der Waals surface area contributed by atoms with E-state index in [1.165, 1.54) is 19.3 Å². The zero-order valence-electron chi connectivity index (χ0n) is 10.9. The zero-order chi connectivity index (χ0) is 13.0. The summed E-state index contributed by atoms with van der Waals surface area (Å²) < 4.78 is 2.10. The zero-order valence-corrected chi connectivity index (χ0v) is 10.9. The van der Waals surface area contributed by atoms with Gasteiger partial charge in [-0.25, -0.2) is 4.98 Å². The first kappa shape index (κ1) is 12.9. The Kier molecular flexibility index (Phi) is 4.20. The maximum absolute atomic E-state index is 9.38. The first-order valence-electron chi connectivity index (χ1n) is 6.61. The average Bonchev–Trinajstić information content (AvgIpc) is 2.71. The summed E-state index contributed by atoms with van der Waals surface area (Å²) >= 11 is 0. The number of nitrogens with two attached hydrogens (primary N) is 1. The van der Waals surface area contributed by atoms with Gasteiger partial charge in [-0.05, 0) is 24.6 Å². The minimum Gasteiger partial charge on any atom is -0.399 e. The van der Waals surface area contributed by atoms with E-state index in [9.17, 15) is 5.11 Å². The molecule has 98 valence electrons. The molecule has 1 aromatic carbocycles. The average molecular weight is 247 g/mol. The Morgan fingerprint density at radius 1 is 1.28 bits per heavy atom. The van der Waals surface area contributed by atoms with E-state index in [2.05, 4.69) is 16.5 Å². The fourth-order valence-electron chi connectivity index (χ4n) is 2.26. The van der Waals surface area contributed by atoms with E-state index in [0.29, 0.717) is 5.69 Å². The van der Waals surface area contributed by atoms with Gasteiger partial charge < -0.3 is 15.4 Å². The van der Waals surface area contributed by atoms with Crippen molar-refractivity contribution in [3.05, 3.63) is 24.0 Å². The number of aryl methyl sites for hydroxylation is 1. The Morgan fingerprint density at radius 2 is 2.11 bits per heavy atom. The highest BCUT2D eigenvalue weighted by atomic mass is 16.3. The molecule has 0 aliphatic rings. The van der Waals surface area contributed by atoms with E-state index in [1.54, 1.807) is 0 Å². The van der Waals surface area contributed by atoms with Crippen LogP contribution in [0.25, 0.3) is 11.0 Å². The SMILES string of the molecule is CCCCCCn1c(CO)nc2cc(N)ccc21. The number of fused-ring (bicyclic) bond motifs is 1. The lowest BCUT2D eigenvalue weighted by atomic mass is 10.2. The second-order valence-corrected chi connectivity index (χ2v) is 4.65. The Balaban J connectivity index is 2.23. The smallest absolute Gasteiger partial charge is 0.135 e. The van der Waals surface area contributed by atoms with Crippen molar-refractivity contribution in [2.45, 2.75) is 45.8 Å². The molecule has 0 aliphatic heterocycles. The minimum absolute atomic E-state index is 0.0254. The normalized spacial score (nSPS) is 11.2. The van der Waals surface area contributed by atoms with Crippen LogP contribution in [0.5, 0.6) is 0 Å². The topological polar surface area (TPSA) is 64.1 Å². The molecule has 3 N–H and O–H groups in total. The summed E-state index contributed by atoms with van der Waals surface area (Å²) in [6.07, 6.45) is 4.83. The first-order chi connectivity index (χ1) is 8.76. The number of nitrogen functional groups attached to an aromatic ring is 1. The summed E-state index contributed by atoms with van der Waals surface area (Å²) in [6.45, 7) is 3.09. The maximum atomic E-state index is 9.38. The molecule has 2 rings (SSSR count). The number of unbranched alkanes of at least 4 members (excludes halogenated alkanes) is 3. The maximum Gasteiger partial charge on any atom is 0.135 e. The third-order valence-corrected chi connectivity index (χ3v) is 3.23. The van der Waals surface area contributed by atoms with Gasteiger partial charge in [0.2, 0.25) is 0 Å². The largest absolute Gasteiger partial charge is 0.399 e. The highest BCUT2D eigenvalue weighted by Crippen LogP contribution is 2.20. The monoisotopic (exact) mass is 247 g/mol. The molecule has 18 heavy (non-hydrogen) atoms. The van der Waals surface area contributed by atoms with Crippen LogP contribution < -0.4 is 5.73 Å². The Bertz CT molecular complexity index is 519. The second-order valence-electron chi connectivity index (χ2n) is 4.65. The summed E-state index contributed by atoms with van der Waals surface area (Å²) in [7, 11) is 0. The number of hydrogen-bond donors (Lipinski definition) is 2. The molecule has 0 atom stereocenters. The van der Waals surface area contributed by atoms with Gasteiger partial charge in [0.05, 0.1) is 11.0 Å².